The smallest absolute Gasteiger partial charge is 0.224 e. The zero-order chi connectivity index (χ0) is 20.7. The van der Waals surface area contributed by atoms with Gasteiger partial charge in [-0.15, -0.1) is 0 Å². The molecule has 160 valence electrons. The van der Waals surface area contributed by atoms with Crippen LogP contribution in [0.3, 0.4) is 0 Å². The van der Waals surface area contributed by atoms with E-state index in [9.17, 15) is 9.90 Å². The Hall–Kier alpha value is -2.18. The summed E-state index contributed by atoms with van der Waals surface area (Å²) in [4.78, 5) is 17.6. The van der Waals surface area contributed by atoms with Gasteiger partial charge in [0.15, 0.2) is 0 Å². The van der Waals surface area contributed by atoms with Crippen molar-refractivity contribution < 1.29 is 15.0 Å². The molecule has 4 aliphatic carbocycles. The van der Waals surface area contributed by atoms with Crippen LogP contribution in [-0.4, -0.2) is 40.4 Å². The highest BCUT2D eigenvalue weighted by Gasteiger charge is 2.51. The molecule has 2 aromatic rings. The molecule has 4 saturated carbocycles. The summed E-state index contributed by atoms with van der Waals surface area (Å²) in [5.41, 5.74) is 1.81. The monoisotopic (exact) mass is 409 g/mol. The van der Waals surface area contributed by atoms with Gasteiger partial charge in [0.2, 0.25) is 5.91 Å². The molecular weight excluding hydrogens is 378 g/mol. The molecule has 1 amide bonds. The topological polar surface area (TPSA) is 94.5 Å². The number of carbonyl (C=O) groups excluding carboxylic acids is 1. The Morgan fingerprint density at radius 2 is 1.80 bits per heavy atom. The normalized spacial score (nSPS) is 30.4. The number of pyridine rings is 1. The molecule has 1 atom stereocenters. The molecule has 0 spiro atoms. The molecule has 4 bridgehead atoms. The molecule has 4 N–H and O–H groups in total. The second kappa shape index (κ2) is 7.82. The van der Waals surface area contributed by atoms with Crippen molar-refractivity contribution in [2.24, 2.45) is 23.2 Å². The van der Waals surface area contributed by atoms with Crippen molar-refractivity contribution in [2.75, 3.05) is 23.8 Å². The molecule has 0 saturated heterocycles. The van der Waals surface area contributed by atoms with Gasteiger partial charge in [-0.1, -0.05) is 6.07 Å². The largest absolute Gasteiger partial charge is 0.394 e. The van der Waals surface area contributed by atoms with Gasteiger partial charge in [-0.05, 0) is 86.0 Å². The van der Waals surface area contributed by atoms with Crippen LogP contribution >= 0.6 is 0 Å². The van der Waals surface area contributed by atoms with Gasteiger partial charge in [0.1, 0.15) is 5.82 Å². The van der Waals surface area contributed by atoms with Gasteiger partial charge >= 0.3 is 0 Å². The number of anilines is 2. The molecule has 0 unspecified atom stereocenters. The maximum absolute atomic E-state index is 13.0. The summed E-state index contributed by atoms with van der Waals surface area (Å²) in [6.07, 6.45) is 7.69. The van der Waals surface area contributed by atoms with Gasteiger partial charge in [-0.3, -0.25) is 4.79 Å². The first-order valence-corrected chi connectivity index (χ1v) is 11.2. The van der Waals surface area contributed by atoms with Crippen molar-refractivity contribution >= 4 is 28.3 Å². The van der Waals surface area contributed by atoms with Crippen molar-refractivity contribution in [1.82, 2.24) is 4.98 Å². The number of amides is 1. The number of hydrogen-bond donors (Lipinski definition) is 4. The minimum atomic E-state index is -0.822. The minimum absolute atomic E-state index is 0.123. The number of nitrogens with one attached hydrogen (secondary N) is 2. The van der Waals surface area contributed by atoms with Gasteiger partial charge < -0.3 is 20.8 Å². The lowest BCUT2D eigenvalue weighted by Gasteiger charge is -2.56. The lowest BCUT2D eigenvalue weighted by Crippen LogP contribution is -2.47. The van der Waals surface area contributed by atoms with Crippen LogP contribution in [0.4, 0.5) is 11.5 Å². The fourth-order valence-electron chi connectivity index (χ4n) is 6.69. The second-order valence-corrected chi connectivity index (χ2v) is 9.93. The quantitative estimate of drug-likeness (QED) is 0.561. The van der Waals surface area contributed by atoms with Crippen LogP contribution in [0.15, 0.2) is 30.3 Å². The average molecular weight is 410 g/mol. The van der Waals surface area contributed by atoms with Crippen LogP contribution in [0, 0.1) is 23.2 Å². The molecule has 1 aromatic carbocycles. The first kappa shape index (κ1) is 19.8. The first-order chi connectivity index (χ1) is 14.5. The zero-order valence-corrected chi connectivity index (χ0v) is 17.3. The fourth-order valence-corrected chi connectivity index (χ4v) is 6.69. The highest BCUT2D eigenvalue weighted by molar-refractivity contribution is 6.01. The van der Waals surface area contributed by atoms with Gasteiger partial charge in [0, 0.05) is 18.4 Å². The third kappa shape index (κ3) is 3.91. The van der Waals surface area contributed by atoms with Crippen molar-refractivity contribution in [2.45, 2.75) is 51.0 Å². The lowest BCUT2D eigenvalue weighted by atomic mass is 9.49. The summed E-state index contributed by atoms with van der Waals surface area (Å²) in [7, 11) is 0. The minimum Gasteiger partial charge on any atom is -0.394 e. The van der Waals surface area contributed by atoms with E-state index in [0.29, 0.717) is 12.2 Å². The number of carbonyl (C=O) groups is 1. The predicted molar refractivity (Wildman–Crippen MR) is 117 cm³/mol. The summed E-state index contributed by atoms with van der Waals surface area (Å²) in [6.45, 7) is -0.0585. The molecule has 6 heteroatoms. The molecule has 1 aromatic heterocycles. The highest BCUT2D eigenvalue weighted by Crippen LogP contribution is 2.61. The Labute approximate surface area is 177 Å². The Kier molecular flexibility index (Phi) is 5.15. The van der Waals surface area contributed by atoms with Crippen LogP contribution in [0.1, 0.15) is 44.9 Å². The lowest BCUT2D eigenvalue weighted by molar-refractivity contribution is -0.124. The average Bonchev–Trinajstić information content (AvgIpc) is 2.70. The molecule has 6 rings (SSSR count). The Balaban J connectivity index is 1.28. The number of aliphatic hydroxyl groups excluding tert-OH is 2. The van der Waals surface area contributed by atoms with E-state index in [1.807, 2.05) is 30.3 Å². The molecule has 4 aliphatic rings. The molecule has 0 radical (unpaired) electrons. The standard InChI is InChI=1S/C24H31N3O3/c28-14-18(29)13-25-22-5-4-19-20(26-22)2-1-3-21(19)27-23(30)12-24-9-15-6-16(10-24)8-17(7-15)11-24/h1-5,15-18,28-29H,6-14H2,(H,25,26)(H,27,30)/t15?,16?,17?,18-,24?/m0/s1. The van der Waals surface area contributed by atoms with E-state index in [2.05, 4.69) is 15.6 Å². The molecule has 6 nitrogen and oxygen atoms in total. The summed E-state index contributed by atoms with van der Waals surface area (Å²) in [5, 5.41) is 25.5. The SMILES string of the molecule is O=C(CC12CC3CC(CC(C3)C1)C2)Nc1cccc2nc(NC[C@H](O)CO)ccc12. The van der Waals surface area contributed by atoms with Crippen LogP contribution in [0.2, 0.25) is 0 Å². The van der Waals surface area contributed by atoms with Gasteiger partial charge in [0.25, 0.3) is 0 Å². The van der Waals surface area contributed by atoms with Crippen LogP contribution < -0.4 is 10.6 Å². The second-order valence-electron chi connectivity index (χ2n) is 9.93. The van der Waals surface area contributed by atoms with E-state index < -0.39 is 6.10 Å². The number of rotatable bonds is 7. The van der Waals surface area contributed by atoms with Gasteiger partial charge in [0.05, 0.1) is 23.9 Å². The van der Waals surface area contributed by atoms with Crippen LogP contribution in [0.25, 0.3) is 10.9 Å². The molecular formula is C24H31N3O3. The van der Waals surface area contributed by atoms with E-state index in [0.717, 1.165) is 34.3 Å². The number of benzene rings is 1. The maximum atomic E-state index is 13.0. The zero-order valence-electron chi connectivity index (χ0n) is 17.3. The van der Waals surface area contributed by atoms with Gasteiger partial charge in [-0.25, -0.2) is 4.98 Å². The molecule has 30 heavy (non-hydrogen) atoms. The van der Waals surface area contributed by atoms with Crippen molar-refractivity contribution in [1.29, 1.82) is 0 Å². The van der Waals surface area contributed by atoms with E-state index in [4.69, 9.17) is 5.11 Å². The summed E-state index contributed by atoms with van der Waals surface area (Å²) in [6, 6.07) is 9.53. The third-order valence-corrected chi connectivity index (χ3v) is 7.44. The number of fused-ring (bicyclic) bond motifs is 1. The molecule has 4 fully saturated rings. The van der Waals surface area contributed by atoms with Crippen LogP contribution in [-0.2, 0) is 4.79 Å². The number of hydrogen-bond acceptors (Lipinski definition) is 5. The predicted octanol–water partition coefficient (Wildman–Crippen LogP) is 3.54. The van der Waals surface area contributed by atoms with Crippen molar-refractivity contribution in [3.05, 3.63) is 30.3 Å². The van der Waals surface area contributed by atoms with Crippen molar-refractivity contribution in [3.8, 4) is 0 Å². The summed E-state index contributed by atoms with van der Waals surface area (Å²) < 4.78 is 0. The fraction of sp³-hybridized carbons (Fsp3) is 0.583. The van der Waals surface area contributed by atoms with E-state index in [1.165, 1.54) is 38.5 Å². The molecule has 1 heterocycles. The van der Waals surface area contributed by atoms with E-state index in [-0.39, 0.29) is 24.5 Å². The Bertz CT molecular complexity index is 909. The molecule has 0 aliphatic heterocycles. The number of nitrogens with zero attached hydrogens (tertiary/aromatic N) is 1. The van der Waals surface area contributed by atoms with E-state index >= 15 is 0 Å². The summed E-state index contributed by atoms with van der Waals surface area (Å²) in [5.74, 6) is 3.30. The summed E-state index contributed by atoms with van der Waals surface area (Å²) >= 11 is 0. The Morgan fingerprint density at radius 3 is 2.47 bits per heavy atom. The van der Waals surface area contributed by atoms with E-state index in [1.54, 1.807) is 0 Å². The third-order valence-electron chi connectivity index (χ3n) is 7.44. The van der Waals surface area contributed by atoms with Gasteiger partial charge in [-0.2, -0.15) is 0 Å². The van der Waals surface area contributed by atoms with Crippen LogP contribution in [0.5, 0.6) is 0 Å². The number of aliphatic hydroxyl groups is 2. The number of aromatic nitrogens is 1. The maximum Gasteiger partial charge on any atom is 0.224 e. The highest BCUT2D eigenvalue weighted by atomic mass is 16.3. The first-order valence-electron chi connectivity index (χ1n) is 11.2. The Morgan fingerprint density at radius 1 is 1.10 bits per heavy atom. The van der Waals surface area contributed by atoms with Crippen molar-refractivity contribution in [3.63, 3.8) is 0 Å².